The van der Waals surface area contributed by atoms with E-state index in [1.165, 1.54) is 6.07 Å². The molecular formula is C36H38O13. The Morgan fingerprint density at radius 3 is 1.69 bits per heavy atom. The van der Waals surface area contributed by atoms with Gasteiger partial charge in [-0.25, -0.2) is 0 Å². The highest BCUT2D eigenvalue weighted by molar-refractivity contribution is 5.97. The molecule has 13 heteroatoms. The third-order valence-corrected chi connectivity index (χ3v) is 7.07. The third-order valence-electron chi connectivity index (χ3n) is 7.07. The Balaban J connectivity index is 1.56. The summed E-state index contributed by atoms with van der Waals surface area (Å²) in [4.78, 5) is 61.3. The Morgan fingerprint density at radius 1 is 0.612 bits per heavy atom. The zero-order chi connectivity index (χ0) is 35.3. The maximum atomic E-state index is 13.5. The van der Waals surface area contributed by atoms with Crippen LogP contribution in [0.25, 0.3) is 0 Å². The molecule has 3 aromatic rings. The second-order valence-electron chi connectivity index (χ2n) is 11.0. The summed E-state index contributed by atoms with van der Waals surface area (Å²) < 4.78 is 45.1. The molecule has 0 bridgehead atoms. The topological polar surface area (TPSA) is 159 Å². The van der Waals surface area contributed by atoms with E-state index in [1.54, 1.807) is 12.1 Å². The number of carbonyl (C=O) groups is 5. The number of esters is 4. The van der Waals surface area contributed by atoms with Gasteiger partial charge in [0.05, 0.1) is 0 Å². The van der Waals surface area contributed by atoms with Gasteiger partial charge in [-0.05, 0) is 29.3 Å². The normalized spacial score (nSPS) is 20.0. The largest absolute Gasteiger partial charge is 0.485 e. The van der Waals surface area contributed by atoms with E-state index in [9.17, 15) is 24.0 Å². The fraction of sp³-hybridized carbons (Fsp3) is 0.361. The lowest BCUT2D eigenvalue weighted by molar-refractivity contribution is -0.305. The van der Waals surface area contributed by atoms with Crippen LogP contribution in [-0.2, 0) is 60.8 Å². The number of Topliss-reactive ketones (excluding diaryl/α,β-unsaturated/α-hetero) is 1. The Hall–Kier alpha value is -5.27. The van der Waals surface area contributed by atoms with Crippen molar-refractivity contribution in [3.63, 3.8) is 0 Å². The molecule has 0 aromatic heterocycles. The van der Waals surface area contributed by atoms with Crippen molar-refractivity contribution in [3.8, 4) is 11.5 Å². The van der Waals surface area contributed by atoms with Crippen LogP contribution in [0.2, 0.25) is 0 Å². The third kappa shape index (κ3) is 11.2. The molecule has 4 rings (SSSR count). The molecule has 0 aliphatic carbocycles. The number of ketones is 1. The molecule has 0 amide bonds. The van der Waals surface area contributed by atoms with E-state index < -0.39 is 73.6 Å². The second kappa shape index (κ2) is 17.8. The van der Waals surface area contributed by atoms with Gasteiger partial charge in [-0.3, -0.25) is 24.0 Å². The maximum absolute atomic E-state index is 13.5. The molecule has 0 radical (unpaired) electrons. The minimum atomic E-state index is -1.51. The van der Waals surface area contributed by atoms with Gasteiger partial charge in [0, 0.05) is 33.3 Å². The fourth-order valence-electron chi connectivity index (χ4n) is 4.95. The molecule has 13 nitrogen and oxygen atoms in total. The number of carbonyl (C=O) groups excluding carboxylic acids is 5. The summed E-state index contributed by atoms with van der Waals surface area (Å²) in [7, 11) is 0. The van der Waals surface area contributed by atoms with Crippen molar-refractivity contribution in [2.45, 2.75) is 71.6 Å². The fourth-order valence-corrected chi connectivity index (χ4v) is 4.95. The van der Waals surface area contributed by atoms with Crippen LogP contribution < -0.4 is 9.47 Å². The zero-order valence-electron chi connectivity index (χ0n) is 27.5. The van der Waals surface area contributed by atoms with Crippen molar-refractivity contribution >= 4 is 29.7 Å². The Morgan fingerprint density at radius 2 is 1.14 bits per heavy atom. The van der Waals surface area contributed by atoms with Crippen LogP contribution in [0.4, 0.5) is 0 Å². The van der Waals surface area contributed by atoms with Gasteiger partial charge in [-0.2, -0.15) is 0 Å². The summed E-state index contributed by atoms with van der Waals surface area (Å²) in [5, 5.41) is 0. The summed E-state index contributed by atoms with van der Waals surface area (Å²) in [5.74, 6) is -2.79. The van der Waals surface area contributed by atoms with E-state index in [0.29, 0.717) is 11.5 Å². The monoisotopic (exact) mass is 678 g/mol. The quantitative estimate of drug-likeness (QED) is 0.128. The van der Waals surface area contributed by atoms with Gasteiger partial charge >= 0.3 is 23.9 Å². The molecule has 0 saturated carbocycles. The van der Waals surface area contributed by atoms with Gasteiger partial charge in [-0.15, -0.1) is 0 Å². The lowest BCUT2D eigenvalue weighted by Gasteiger charge is -2.43. The van der Waals surface area contributed by atoms with Crippen LogP contribution in [0, 0.1) is 0 Å². The molecule has 3 aromatic carbocycles. The highest BCUT2D eigenvalue weighted by atomic mass is 16.7. The minimum Gasteiger partial charge on any atom is -0.485 e. The van der Waals surface area contributed by atoms with Crippen LogP contribution in [0.5, 0.6) is 11.5 Å². The number of ether oxygens (including phenoxy) is 8. The molecule has 1 fully saturated rings. The van der Waals surface area contributed by atoms with Gasteiger partial charge in [0.2, 0.25) is 0 Å². The molecule has 260 valence electrons. The average Bonchev–Trinajstić information content (AvgIpc) is 3.07. The van der Waals surface area contributed by atoms with Gasteiger partial charge in [-0.1, -0.05) is 60.7 Å². The van der Waals surface area contributed by atoms with Gasteiger partial charge in [0.1, 0.15) is 32.5 Å². The molecule has 49 heavy (non-hydrogen) atoms. The molecule has 0 unspecified atom stereocenters. The first-order valence-corrected chi connectivity index (χ1v) is 15.4. The first-order valence-electron chi connectivity index (χ1n) is 15.4. The maximum Gasteiger partial charge on any atom is 0.303 e. The summed E-state index contributed by atoms with van der Waals surface area (Å²) in [5.41, 5.74) is 2.05. The minimum absolute atomic E-state index is 0.209. The SMILES string of the molecule is CC(=O)OC[C@H]1O[C@@H](OCC(=O)c2ccc(OCc3ccccc3)c(OCc3ccccc3)c2)[C@H](OC(C)=O)[C@@H](OC(C)=O)[C@@H]1OC(C)=O. The predicted molar refractivity (Wildman–Crippen MR) is 170 cm³/mol. The molecule has 5 atom stereocenters. The Kier molecular flexibility index (Phi) is 13.3. The predicted octanol–water partition coefficient (Wildman–Crippen LogP) is 4.13. The summed E-state index contributed by atoms with van der Waals surface area (Å²) in [6.45, 7) is 3.95. The Labute approximate surface area is 283 Å². The van der Waals surface area contributed by atoms with Crippen molar-refractivity contribution in [3.05, 3.63) is 95.6 Å². The smallest absolute Gasteiger partial charge is 0.303 e. The summed E-state index contributed by atoms with van der Waals surface area (Å²) >= 11 is 0. The van der Waals surface area contributed by atoms with Crippen LogP contribution in [0.3, 0.4) is 0 Å². The van der Waals surface area contributed by atoms with Crippen molar-refractivity contribution in [1.82, 2.24) is 0 Å². The number of benzene rings is 3. The van der Waals surface area contributed by atoms with Crippen molar-refractivity contribution < 1.29 is 61.9 Å². The van der Waals surface area contributed by atoms with Crippen LogP contribution in [-0.4, -0.2) is 73.6 Å². The lowest BCUT2D eigenvalue weighted by atomic mass is 9.98. The van der Waals surface area contributed by atoms with Crippen LogP contribution >= 0.6 is 0 Å². The standard InChI is InChI=1S/C36H38O13/c1-22(37)42-21-32-33(46-23(2)38)34(47-24(3)39)35(48-25(4)40)36(49-32)45-20-29(41)28-15-16-30(43-18-26-11-7-5-8-12-26)31(17-28)44-19-27-13-9-6-10-14-27/h5-17,32-36H,18-21H2,1-4H3/t32-,33-,34+,35-,36-/m1/s1. The molecule has 1 aliphatic heterocycles. The van der Waals surface area contributed by atoms with Crippen molar-refractivity contribution in [2.24, 2.45) is 0 Å². The van der Waals surface area contributed by atoms with E-state index in [0.717, 1.165) is 38.8 Å². The van der Waals surface area contributed by atoms with Gasteiger partial charge in [0.15, 0.2) is 41.9 Å². The molecular weight excluding hydrogens is 640 g/mol. The molecule has 0 spiro atoms. The number of hydrogen-bond donors (Lipinski definition) is 0. The molecule has 1 heterocycles. The van der Waals surface area contributed by atoms with E-state index in [-0.39, 0.29) is 18.8 Å². The number of rotatable bonds is 15. The van der Waals surface area contributed by atoms with Crippen molar-refractivity contribution in [1.29, 1.82) is 0 Å². The van der Waals surface area contributed by atoms with Gasteiger partial charge in [0.25, 0.3) is 0 Å². The zero-order valence-corrected chi connectivity index (χ0v) is 27.5. The van der Waals surface area contributed by atoms with E-state index in [2.05, 4.69) is 0 Å². The van der Waals surface area contributed by atoms with Crippen molar-refractivity contribution in [2.75, 3.05) is 13.2 Å². The van der Waals surface area contributed by atoms with E-state index in [4.69, 9.17) is 37.9 Å². The average molecular weight is 679 g/mol. The highest BCUT2D eigenvalue weighted by Crippen LogP contribution is 2.32. The second-order valence-corrected chi connectivity index (χ2v) is 11.0. The van der Waals surface area contributed by atoms with Crippen LogP contribution in [0.15, 0.2) is 78.9 Å². The molecule has 0 N–H and O–H groups in total. The Bertz CT molecular complexity index is 1590. The summed E-state index contributed by atoms with van der Waals surface area (Å²) in [6.07, 6.45) is -6.98. The first kappa shape index (κ1) is 36.6. The first-order chi connectivity index (χ1) is 23.5. The molecule has 1 saturated heterocycles. The lowest BCUT2D eigenvalue weighted by Crippen LogP contribution is -2.63. The van der Waals surface area contributed by atoms with E-state index in [1.807, 2.05) is 60.7 Å². The van der Waals surface area contributed by atoms with Gasteiger partial charge < -0.3 is 37.9 Å². The summed E-state index contributed by atoms with van der Waals surface area (Å²) in [6, 6.07) is 23.7. The van der Waals surface area contributed by atoms with Crippen LogP contribution in [0.1, 0.15) is 49.2 Å². The number of hydrogen-bond acceptors (Lipinski definition) is 13. The highest BCUT2D eigenvalue weighted by Gasteiger charge is 2.53. The van der Waals surface area contributed by atoms with E-state index >= 15 is 0 Å². The molecule has 1 aliphatic rings.